The van der Waals surface area contributed by atoms with Gasteiger partial charge in [-0.2, -0.15) is 0 Å². The monoisotopic (exact) mass is 581 g/mol. The Hall–Kier alpha value is -4.33. The standard InChI is InChI=1S/C35H39N3O5/c1-35(2,3)43-34(41)38-20-23(19-31(38)32(39)37-30-18-10-12-22-11-4-5-13-24(22)30)36-33(40)42-21-29-27-16-8-6-14-25(27)26-15-7-9-17-28(26)29/h4-9,11,13-17,23,29-31H,10,12,18-21H2,1-3H3,(H,36,40)(H,37,39)/t23-,30+,31?/m0/s1. The summed E-state index contributed by atoms with van der Waals surface area (Å²) < 4.78 is 11.4. The van der Waals surface area contributed by atoms with Gasteiger partial charge in [0.1, 0.15) is 18.2 Å². The predicted octanol–water partition coefficient (Wildman–Crippen LogP) is 6.10. The Morgan fingerprint density at radius 2 is 1.49 bits per heavy atom. The number of carbonyl (C=O) groups excluding carboxylic acids is 3. The number of nitrogens with zero attached hydrogens (tertiary/aromatic N) is 1. The summed E-state index contributed by atoms with van der Waals surface area (Å²) in [5, 5.41) is 6.10. The maximum Gasteiger partial charge on any atom is 0.411 e. The van der Waals surface area contributed by atoms with Gasteiger partial charge in [0.2, 0.25) is 5.91 Å². The lowest BCUT2D eigenvalue weighted by Gasteiger charge is -2.31. The molecule has 3 aromatic carbocycles. The van der Waals surface area contributed by atoms with Crippen LogP contribution in [-0.2, 0) is 20.7 Å². The van der Waals surface area contributed by atoms with Crippen LogP contribution in [0.3, 0.4) is 0 Å². The molecule has 224 valence electrons. The van der Waals surface area contributed by atoms with E-state index in [-0.39, 0.29) is 37.4 Å². The molecule has 6 rings (SSSR count). The molecule has 0 radical (unpaired) electrons. The molecule has 1 fully saturated rings. The van der Waals surface area contributed by atoms with Crippen molar-refractivity contribution < 1.29 is 23.9 Å². The van der Waals surface area contributed by atoms with Crippen LogP contribution in [0.2, 0.25) is 0 Å². The molecule has 0 saturated carbocycles. The zero-order valence-electron chi connectivity index (χ0n) is 25.0. The molecule has 0 bridgehead atoms. The van der Waals surface area contributed by atoms with Gasteiger partial charge in [0.05, 0.1) is 12.1 Å². The van der Waals surface area contributed by atoms with Crippen LogP contribution in [0.5, 0.6) is 0 Å². The van der Waals surface area contributed by atoms with E-state index in [2.05, 4.69) is 47.0 Å². The van der Waals surface area contributed by atoms with Gasteiger partial charge < -0.3 is 20.1 Å². The van der Waals surface area contributed by atoms with Gasteiger partial charge in [0.25, 0.3) is 0 Å². The fourth-order valence-corrected chi connectivity index (χ4v) is 6.69. The summed E-state index contributed by atoms with van der Waals surface area (Å²) in [6.45, 7) is 5.72. The Morgan fingerprint density at radius 1 is 0.860 bits per heavy atom. The van der Waals surface area contributed by atoms with Gasteiger partial charge in [0.15, 0.2) is 0 Å². The summed E-state index contributed by atoms with van der Waals surface area (Å²) in [5.41, 5.74) is 6.22. The molecule has 3 aromatic rings. The number of fused-ring (bicyclic) bond motifs is 4. The molecule has 0 aromatic heterocycles. The summed E-state index contributed by atoms with van der Waals surface area (Å²) in [5.74, 6) is -0.304. The fraction of sp³-hybridized carbons (Fsp3) is 0.400. The smallest absolute Gasteiger partial charge is 0.411 e. The van der Waals surface area contributed by atoms with Crippen molar-refractivity contribution in [2.24, 2.45) is 0 Å². The number of alkyl carbamates (subject to hydrolysis) is 1. The molecular formula is C35H39N3O5. The third-order valence-corrected chi connectivity index (χ3v) is 8.58. The van der Waals surface area contributed by atoms with Crippen molar-refractivity contribution in [2.45, 2.75) is 76.1 Å². The molecule has 3 atom stereocenters. The molecule has 8 nitrogen and oxygen atoms in total. The maximum atomic E-state index is 13.7. The fourth-order valence-electron chi connectivity index (χ4n) is 6.69. The maximum absolute atomic E-state index is 13.7. The number of nitrogens with one attached hydrogen (secondary N) is 2. The molecule has 2 N–H and O–H groups in total. The second-order valence-electron chi connectivity index (χ2n) is 12.7. The van der Waals surface area contributed by atoms with Crippen molar-refractivity contribution in [1.29, 1.82) is 0 Å². The molecule has 0 spiro atoms. The Morgan fingerprint density at radius 3 is 2.16 bits per heavy atom. The van der Waals surface area contributed by atoms with E-state index in [9.17, 15) is 14.4 Å². The Bertz CT molecular complexity index is 1480. The predicted molar refractivity (Wildman–Crippen MR) is 164 cm³/mol. The van der Waals surface area contributed by atoms with Crippen molar-refractivity contribution in [1.82, 2.24) is 15.5 Å². The number of hydrogen-bond acceptors (Lipinski definition) is 5. The zero-order valence-corrected chi connectivity index (χ0v) is 25.0. The molecule has 1 aliphatic heterocycles. The van der Waals surface area contributed by atoms with E-state index in [1.807, 2.05) is 36.4 Å². The number of hydrogen-bond donors (Lipinski definition) is 2. The number of amides is 3. The first-order valence-corrected chi connectivity index (χ1v) is 15.2. The normalized spacial score (nSPS) is 20.9. The van der Waals surface area contributed by atoms with Gasteiger partial charge in [0, 0.05) is 12.5 Å². The highest BCUT2D eigenvalue weighted by Gasteiger charge is 2.43. The lowest BCUT2D eigenvalue weighted by Crippen LogP contribution is -2.48. The van der Waals surface area contributed by atoms with Crippen molar-refractivity contribution in [2.75, 3.05) is 13.2 Å². The van der Waals surface area contributed by atoms with E-state index in [4.69, 9.17) is 9.47 Å². The summed E-state index contributed by atoms with van der Waals surface area (Å²) in [7, 11) is 0. The molecule has 1 saturated heterocycles. The lowest BCUT2D eigenvalue weighted by molar-refractivity contribution is -0.126. The molecule has 2 aliphatic carbocycles. The Balaban J connectivity index is 1.13. The van der Waals surface area contributed by atoms with E-state index in [0.717, 1.165) is 47.1 Å². The molecular weight excluding hydrogens is 542 g/mol. The summed E-state index contributed by atoms with van der Waals surface area (Å²) in [4.78, 5) is 41.4. The second kappa shape index (κ2) is 11.7. The van der Waals surface area contributed by atoms with Crippen molar-refractivity contribution in [3.05, 3.63) is 95.1 Å². The Labute approximate surface area is 252 Å². The summed E-state index contributed by atoms with van der Waals surface area (Å²) >= 11 is 0. The zero-order chi connectivity index (χ0) is 30.1. The van der Waals surface area contributed by atoms with E-state index >= 15 is 0 Å². The van der Waals surface area contributed by atoms with Crippen LogP contribution < -0.4 is 10.6 Å². The van der Waals surface area contributed by atoms with Crippen molar-refractivity contribution in [3.63, 3.8) is 0 Å². The van der Waals surface area contributed by atoms with Gasteiger partial charge >= 0.3 is 12.2 Å². The first-order chi connectivity index (χ1) is 20.7. The third-order valence-electron chi connectivity index (χ3n) is 8.58. The average Bonchev–Trinajstić information content (AvgIpc) is 3.55. The van der Waals surface area contributed by atoms with Crippen LogP contribution in [0.15, 0.2) is 72.8 Å². The van der Waals surface area contributed by atoms with Crippen LogP contribution in [0.1, 0.15) is 74.2 Å². The SMILES string of the molecule is CC(C)(C)OC(=O)N1C[C@@H](NC(=O)OCC2c3ccccc3-c3ccccc32)CC1C(=O)N[C@@H]1CCCc2ccccc21. The van der Waals surface area contributed by atoms with Crippen LogP contribution in [0.4, 0.5) is 9.59 Å². The van der Waals surface area contributed by atoms with E-state index < -0.39 is 29.9 Å². The molecule has 1 unspecified atom stereocenters. The minimum atomic E-state index is -0.775. The lowest BCUT2D eigenvalue weighted by atomic mass is 9.87. The van der Waals surface area contributed by atoms with E-state index in [1.54, 1.807) is 20.8 Å². The largest absolute Gasteiger partial charge is 0.449 e. The van der Waals surface area contributed by atoms with Gasteiger partial charge in [-0.15, -0.1) is 0 Å². The number of aryl methyl sites for hydroxylation is 1. The molecule has 43 heavy (non-hydrogen) atoms. The first kappa shape index (κ1) is 28.8. The molecule has 8 heteroatoms. The van der Waals surface area contributed by atoms with Crippen LogP contribution >= 0.6 is 0 Å². The van der Waals surface area contributed by atoms with E-state index in [0.29, 0.717) is 0 Å². The van der Waals surface area contributed by atoms with Gasteiger partial charge in [-0.3, -0.25) is 9.69 Å². The molecule has 3 amide bonds. The molecule has 3 aliphatic rings. The number of likely N-dealkylation sites (tertiary alicyclic amines) is 1. The summed E-state index contributed by atoms with van der Waals surface area (Å²) in [6, 6.07) is 23.2. The van der Waals surface area contributed by atoms with Crippen LogP contribution in [0, 0.1) is 0 Å². The van der Waals surface area contributed by atoms with Crippen molar-refractivity contribution in [3.8, 4) is 11.1 Å². The molecule has 1 heterocycles. The highest BCUT2D eigenvalue weighted by molar-refractivity contribution is 5.87. The number of carbonyl (C=O) groups is 3. The van der Waals surface area contributed by atoms with Gasteiger partial charge in [-0.05, 0) is 79.8 Å². The highest BCUT2D eigenvalue weighted by atomic mass is 16.6. The van der Waals surface area contributed by atoms with Gasteiger partial charge in [-0.1, -0.05) is 72.8 Å². The number of benzene rings is 3. The number of rotatable bonds is 5. The first-order valence-electron chi connectivity index (χ1n) is 15.2. The van der Waals surface area contributed by atoms with Crippen LogP contribution in [-0.4, -0.2) is 53.8 Å². The minimum absolute atomic E-state index is 0.0584. The Kier molecular flexibility index (Phi) is 7.86. The van der Waals surface area contributed by atoms with E-state index in [1.165, 1.54) is 10.5 Å². The number of ether oxygens (including phenoxy) is 2. The minimum Gasteiger partial charge on any atom is -0.449 e. The van der Waals surface area contributed by atoms with Crippen LogP contribution in [0.25, 0.3) is 11.1 Å². The third kappa shape index (κ3) is 6.10. The topological polar surface area (TPSA) is 97.0 Å². The highest BCUT2D eigenvalue weighted by Crippen LogP contribution is 2.44. The quantitative estimate of drug-likeness (QED) is 0.380. The van der Waals surface area contributed by atoms with Crippen molar-refractivity contribution >= 4 is 18.1 Å². The van der Waals surface area contributed by atoms with Gasteiger partial charge in [-0.25, -0.2) is 9.59 Å². The second-order valence-corrected chi connectivity index (χ2v) is 12.7. The summed E-state index contributed by atoms with van der Waals surface area (Å²) in [6.07, 6.45) is 1.93. The average molecular weight is 582 g/mol.